The SMILES string of the molecule is COc1ccc(CCc2ccc(-c3ccc(CCc4ccc(OC)c(OC)c4)c(O)c3)cc2O)cc1OC. The lowest BCUT2D eigenvalue weighted by Crippen LogP contribution is -1.96. The Labute approximate surface area is 224 Å². The summed E-state index contributed by atoms with van der Waals surface area (Å²) in [5.41, 5.74) is 5.61. The van der Waals surface area contributed by atoms with Crippen LogP contribution in [-0.4, -0.2) is 38.7 Å². The van der Waals surface area contributed by atoms with Gasteiger partial charge in [-0.2, -0.15) is 0 Å². The standard InChI is InChI=1S/C32H34O6/c1-35-29-15-7-21(17-31(29)37-3)5-9-23-11-13-25(19-27(23)33)26-14-12-24(28(34)20-26)10-6-22-8-16-30(36-2)32(18-22)38-4/h7-8,11-20,33-34H,5-6,9-10H2,1-4H3. The first-order valence-corrected chi connectivity index (χ1v) is 12.5. The third-order valence-corrected chi connectivity index (χ3v) is 6.77. The molecule has 6 nitrogen and oxygen atoms in total. The highest BCUT2D eigenvalue weighted by Gasteiger charge is 2.11. The van der Waals surface area contributed by atoms with Gasteiger partial charge in [0.15, 0.2) is 23.0 Å². The van der Waals surface area contributed by atoms with Crippen LogP contribution in [0.4, 0.5) is 0 Å². The van der Waals surface area contributed by atoms with Crippen LogP contribution in [-0.2, 0) is 25.7 Å². The van der Waals surface area contributed by atoms with E-state index in [2.05, 4.69) is 0 Å². The van der Waals surface area contributed by atoms with E-state index >= 15 is 0 Å². The Hall–Kier alpha value is -4.32. The topological polar surface area (TPSA) is 77.4 Å². The number of aromatic hydroxyl groups is 2. The molecule has 0 unspecified atom stereocenters. The lowest BCUT2D eigenvalue weighted by atomic mass is 9.97. The Morgan fingerprint density at radius 2 is 0.842 bits per heavy atom. The lowest BCUT2D eigenvalue weighted by molar-refractivity contribution is 0.354. The first-order valence-electron chi connectivity index (χ1n) is 12.5. The molecule has 0 radical (unpaired) electrons. The van der Waals surface area contributed by atoms with E-state index < -0.39 is 0 Å². The first-order chi connectivity index (χ1) is 18.4. The third kappa shape index (κ3) is 6.14. The number of ether oxygens (including phenoxy) is 4. The number of aryl methyl sites for hydroxylation is 4. The summed E-state index contributed by atoms with van der Waals surface area (Å²) >= 11 is 0. The van der Waals surface area contributed by atoms with Crippen molar-refractivity contribution < 1.29 is 29.2 Å². The van der Waals surface area contributed by atoms with Gasteiger partial charge in [0.1, 0.15) is 11.5 Å². The average molecular weight is 515 g/mol. The quantitative estimate of drug-likeness (QED) is 0.242. The second-order valence-electron chi connectivity index (χ2n) is 9.07. The van der Waals surface area contributed by atoms with E-state index in [0.29, 0.717) is 35.8 Å². The summed E-state index contributed by atoms with van der Waals surface area (Å²) in [6.07, 6.45) is 2.87. The summed E-state index contributed by atoms with van der Waals surface area (Å²) in [5, 5.41) is 21.4. The van der Waals surface area contributed by atoms with Crippen molar-refractivity contribution in [3.05, 3.63) is 95.1 Å². The van der Waals surface area contributed by atoms with Crippen LogP contribution < -0.4 is 18.9 Å². The predicted octanol–water partition coefficient (Wildman–Crippen LogP) is 6.37. The van der Waals surface area contributed by atoms with Crippen LogP contribution in [0.1, 0.15) is 22.3 Å². The van der Waals surface area contributed by atoms with Gasteiger partial charge in [-0.25, -0.2) is 0 Å². The summed E-state index contributed by atoms with van der Waals surface area (Å²) in [5.74, 6) is 3.24. The highest BCUT2D eigenvalue weighted by molar-refractivity contribution is 5.68. The Balaban J connectivity index is 1.42. The number of phenolic OH excluding ortho intramolecular Hbond substituents is 2. The van der Waals surface area contributed by atoms with Crippen molar-refractivity contribution in [2.24, 2.45) is 0 Å². The van der Waals surface area contributed by atoms with Gasteiger partial charge in [-0.3, -0.25) is 0 Å². The Kier molecular flexibility index (Phi) is 8.64. The van der Waals surface area contributed by atoms with Crippen LogP contribution >= 0.6 is 0 Å². The third-order valence-electron chi connectivity index (χ3n) is 6.77. The number of hydrogen-bond acceptors (Lipinski definition) is 6. The predicted molar refractivity (Wildman–Crippen MR) is 149 cm³/mol. The molecule has 6 heteroatoms. The van der Waals surface area contributed by atoms with Crippen molar-refractivity contribution in [3.8, 4) is 45.6 Å². The molecule has 0 bridgehead atoms. The molecule has 4 aromatic carbocycles. The highest BCUT2D eigenvalue weighted by atomic mass is 16.5. The van der Waals surface area contributed by atoms with Crippen LogP contribution in [0.3, 0.4) is 0 Å². The smallest absolute Gasteiger partial charge is 0.160 e. The summed E-state index contributed by atoms with van der Waals surface area (Å²) in [6.45, 7) is 0. The Bertz CT molecular complexity index is 1290. The average Bonchev–Trinajstić information content (AvgIpc) is 2.95. The maximum absolute atomic E-state index is 10.7. The number of methoxy groups -OCH3 is 4. The fourth-order valence-electron chi connectivity index (χ4n) is 4.54. The molecule has 0 fully saturated rings. The molecule has 198 valence electrons. The van der Waals surface area contributed by atoms with Gasteiger partial charge in [0.2, 0.25) is 0 Å². The number of hydrogen-bond donors (Lipinski definition) is 2. The highest BCUT2D eigenvalue weighted by Crippen LogP contribution is 2.33. The maximum atomic E-state index is 10.7. The van der Waals surface area contributed by atoms with E-state index in [1.165, 1.54) is 0 Å². The van der Waals surface area contributed by atoms with Gasteiger partial charge in [0.05, 0.1) is 28.4 Å². The molecule has 0 aliphatic carbocycles. The van der Waals surface area contributed by atoms with Gasteiger partial charge in [0.25, 0.3) is 0 Å². The van der Waals surface area contributed by atoms with Gasteiger partial charge in [-0.05, 0) is 95.5 Å². The van der Waals surface area contributed by atoms with Crippen LogP contribution in [0, 0.1) is 0 Å². The summed E-state index contributed by atoms with van der Waals surface area (Å²) < 4.78 is 21.4. The number of rotatable bonds is 11. The zero-order valence-corrected chi connectivity index (χ0v) is 22.3. The van der Waals surface area contributed by atoms with Crippen molar-refractivity contribution in [3.63, 3.8) is 0 Å². The van der Waals surface area contributed by atoms with Crippen LogP contribution in [0.5, 0.6) is 34.5 Å². The van der Waals surface area contributed by atoms with Crippen molar-refractivity contribution >= 4 is 0 Å². The fraction of sp³-hybridized carbons (Fsp3) is 0.250. The second kappa shape index (κ2) is 12.3. The molecule has 0 amide bonds. The van der Waals surface area contributed by atoms with Gasteiger partial charge < -0.3 is 29.2 Å². The van der Waals surface area contributed by atoms with E-state index in [4.69, 9.17) is 18.9 Å². The number of phenols is 2. The van der Waals surface area contributed by atoms with Gasteiger partial charge in [-0.1, -0.05) is 36.4 Å². The minimum absolute atomic E-state index is 0.236. The molecule has 0 atom stereocenters. The molecule has 2 N–H and O–H groups in total. The van der Waals surface area contributed by atoms with Crippen molar-refractivity contribution in [1.82, 2.24) is 0 Å². The lowest BCUT2D eigenvalue weighted by Gasteiger charge is -2.12. The second-order valence-corrected chi connectivity index (χ2v) is 9.07. The molecular weight excluding hydrogens is 480 g/mol. The summed E-state index contributed by atoms with van der Waals surface area (Å²) in [7, 11) is 6.47. The minimum atomic E-state index is 0.236. The number of benzene rings is 4. The largest absolute Gasteiger partial charge is 0.508 e. The van der Waals surface area contributed by atoms with Crippen molar-refractivity contribution in [2.75, 3.05) is 28.4 Å². The van der Waals surface area contributed by atoms with E-state index in [0.717, 1.165) is 46.2 Å². The fourth-order valence-corrected chi connectivity index (χ4v) is 4.54. The van der Waals surface area contributed by atoms with E-state index in [-0.39, 0.29) is 11.5 Å². The van der Waals surface area contributed by atoms with Gasteiger partial charge in [0, 0.05) is 0 Å². The van der Waals surface area contributed by atoms with Crippen molar-refractivity contribution in [2.45, 2.75) is 25.7 Å². The molecule has 0 heterocycles. The molecule has 0 aliphatic rings. The molecule has 0 saturated heterocycles. The maximum Gasteiger partial charge on any atom is 0.160 e. The molecule has 38 heavy (non-hydrogen) atoms. The Morgan fingerprint density at radius 1 is 0.447 bits per heavy atom. The summed E-state index contributed by atoms with van der Waals surface area (Å²) in [6, 6.07) is 23.0. The molecule has 4 rings (SSSR count). The normalized spacial score (nSPS) is 10.7. The van der Waals surface area contributed by atoms with Gasteiger partial charge in [-0.15, -0.1) is 0 Å². The van der Waals surface area contributed by atoms with E-state index in [1.54, 1.807) is 40.6 Å². The molecule has 0 saturated carbocycles. The molecule has 0 spiro atoms. The van der Waals surface area contributed by atoms with Crippen LogP contribution in [0.2, 0.25) is 0 Å². The minimum Gasteiger partial charge on any atom is -0.508 e. The molecule has 4 aromatic rings. The van der Waals surface area contributed by atoms with E-state index in [9.17, 15) is 10.2 Å². The van der Waals surface area contributed by atoms with Gasteiger partial charge >= 0.3 is 0 Å². The first kappa shape index (κ1) is 26.7. The molecular formula is C32H34O6. The Morgan fingerprint density at radius 3 is 1.18 bits per heavy atom. The van der Waals surface area contributed by atoms with Crippen LogP contribution in [0.25, 0.3) is 11.1 Å². The molecule has 0 aliphatic heterocycles. The monoisotopic (exact) mass is 514 g/mol. The van der Waals surface area contributed by atoms with Crippen molar-refractivity contribution in [1.29, 1.82) is 0 Å². The molecule has 0 aromatic heterocycles. The summed E-state index contributed by atoms with van der Waals surface area (Å²) in [4.78, 5) is 0. The van der Waals surface area contributed by atoms with E-state index in [1.807, 2.05) is 60.7 Å². The zero-order chi connectivity index (χ0) is 27.1. The van der Waals surface area contributed by atoms with Crippen LogP contribution in [0.15, 0.2) is 72.8 Å². The zero-order valence-electron chi connectivity index (χ0n) is 22.3.